The van der Waals surface area contributed by atoms with Gasteiger partial charge >= 0.3 is 5.63 Å². The van der Waals surface area contributed by atoms with Crippen molar-refractivity contribution < 1.29 is 13.9 Å². The first-order valence-corrected chi connectivity index (χ1v) is 7.95. The second kappa shape index (κ2) is 4.79. The zero-order valence-electron chi connectivity index (χ0n) is 9.58. The van der Waals surface area contributed by atoms with Gasteiger partial charge in [-0.3, -0.25) is 0 Å². The summed E-state index contributed by atoms with van der Waals surface area (Å²) in [5.41, 5.74) is 0.878. The summed E-state index contributed by atoms with van der Waals surface area (Å²) in [6.45, 7) is 0. The quantitative estimate of drug-likeness (QED) is 0.480. The van der Waals surface area contributed by atoms with Crippen LogP contribution in [-0.4, -0.2) is 12.1 Å². The van der Waals surface area contributed by atoms with Crippen molar-refractivity contribution in [2.45, 2.75) is 9.84 Å². The molecule has 2 heterocycles. The van der Waals surface area contributed by atoms with Gasteiger partial charge in [0.25, 0.3) is 0 Å². The largest absolute Gasteiger partial charge is 0.490 e. The van der Waals surface area contributed by atoms with Gasteiger partial charge in [0.15, 0.2) is 16.3 Å². The fourth-order valence-electron chi connectivity index (χ4n) is 2.08. The molecule has 0 unspecified atom stereocenters. The molecule has 0 fully saturated rings. The Morgan fingerprint density at radius 1 is 1.32 bits per heavy atom. The van der Waals surface area contributed by atoms with Gasteiger partial charge < -0.3 is 13.9 Å². The molecule has 3 rings (SSSR count). The number of hydrogen-bond acceptors (Lipinski definition) is 4. The van der Waals surface area contributed by atoms with Gasteiger partial charge in [-0.15, -0.1) is 0 Å². The van der Waals surface area contributed by atoms with Gasteiger partial charge in [0, 0.05) is 21.5 Å². The Kier molecular flexibility index (Phi) is 3.39. The van der Waals surface area contributed by atoms with Crippen LogP contribution in [0.25, 0.3) is 11.0 Å². The number of halogens is 3. The molecule has 2 aromatic rings. The molecule has 0 saturated carbocycles. The summed E-state index contributed by atoms with van der Waals surface area (Å²) in [6, 6.07) is 3.08. The molecule has 0 aliphatic carbocycles. The molecule has 4 nitrogen and oxygen atoms in total. The van der Waals surface area contributed by atoms with E-state index < -0.39 is 5.63 Å². The molecule has 19 heavy (non-hydrogen) atoms. The van der Waals surface area contributed by atoms with E-state index in [2.05, 4.69) is 47.8 Å². The summed E-state index contributed by atoms with van der Waals surface area (Å²) in [7, 11) is 1.52. The molecule has 0 spiro atoms. The zero-order chi connectivity index (χ0) is 13.7. The maximum absolute atomic E-state index is 11.4. The average Bonchev–Trinajstić information content (AvgIpc) is 2.66. The maximum atomic E-state index is 11.4. The third-order valence-electron chi connectivity index (χ3n) is 2.90. The van der Waals surface area contributed by atoms with Crippen LogP contribution in [0.1, 0.15) is 10.4 Å². The van der Waals surface area contributed by atoms with Crippen molar-refractivity contribution in [2.75, 3.05) is 7.11 Å². The van der Waals surface area contributed by atoms with Crippen molar-refractivity contribution in [1.82, 2.24) is 0 Å². The van der Waals surface area contributed by atoms with Crippen molar-refractivity contribution in [3.8, 4) is 11.5 Å². The molecule has 0 saturated heterocycles. The van der Waals surface area contributed by atoms with Gasteiger partial charge in [-0.2, -0.15) is 0 Å². The van der Waals surface area contributed by atoms with Crippen LogP contribution in [0, 0.1) is 0 Å². The second-order valence-corrected chi connectivity index (χ2v) is 6.64. The van der Waals surface area contributed by atoms with E-state index in [1.165, 1.54) is 13.2 Å². The van der Waals surface area contributed by atoms with Gasteiger partial charge in [0.05, 0.1) is 11.9 Å². The van der Waals surface area contributed by atoms with Crippen LogP contribution in [0.15, 0.2) is 25.8 Å². The summed E-state index contributed by atoms with van der Waals surface area (Å²) in [5.74, 6) is 0.997. The maximum Gasteiger partial charge on any atom is 0.336 e. The van der Waals surface area contributed by atoms with Gasteiger partial charge in [-0.25, -0.2) is 4.79 Å². The molecule has 1 aromatic heterocycles. The summed E-state index contributed by atoms with van der Waals surface area (Å²) in [5, 5.41) is 0.557. The van der Waals surface area contributed by atoms with Crippen LogP contribution in [0.2, 0.25) is 0 Å². The third kappa shape index (κ3) is 1.94. The summed E-state index contributed by atoms with van der Waals surface area (Å²) in [6.07, 6.45) is 0. The Morgan fingerprint density at radius 2 is 2.05 bits per heavy atom. The highest BCUT2D eigenvalue weighted by atomic mass is 79.9. The summed E-state index contributed by atoms with van der Waals surface area (Å²) < 4.78 is 17.1. The average molecular weight is 455 g/mol. The normalized spacial score (nSPS) is 21.3. The first kappa shape index (κ1) is 13.5. The minimum atomic E-state index is -0.429. The zero-order valence-corrected chi connectivity index (χ0v) is 14.3. The number of hydrogen-bond donors (Lipinski definition) is 0. The number of alkyl halides is 2. The van der Waals surface area contributed by atoms with Gasteiger partial charge in [0.2, 0.25) is 5.75 Å². The smallest absolute Gasteiger partial charge is 0.336 e. The number of benzene rings is 1. The lowest BCUT2D eigenvalue weighted by molar-refractivity contribution is 0.305. The van der Waals surface area contributed by atoms with Crippen molar-refractivity contribution in [2.24, 2.45) is 0 Å². The van der Waals surface area contributed by atoms with E-state index in [4.69, 9.17) is 13.9 Å². The minimum Gasteiger partial charge on any atom is -0.490 e. The van der Waals surface area contributed by atoms with Crippen molar-refractivity contribution in [3.63, 3.8) is 0 Å². The standard InChI is InChI=1S/C12H7Br3O4/c1-17-11-9-4(2-3-5(16)18-9)7(13)6-8(14)12(15)19-10(6)11/h2-3,8,12H,1H3/t8-,12-/m0/s1. The third-order valence-corrected chi connectivity index (χ3v) is 6.12. The predicted octanol–water partition coefficient (Wildman–Crippen LogP) is 4.11. The molecular formula is C12H7Br3O4. The lowest BCUT2D eigenvalue weighted by Crippen LogP contribution is -2.04. The lowest BCUT2D eigenvalue weighted by atomic mass is 10.1. The van der Waals surface area contributed by atoms with Crippen LogP contribution in [0.5, 0.6) is 11.5 Å². The fraction of sp³-hybridized carbons (Fsp3) is 0.250. The first-order valence-electron chi connectivity index (χ1n) is 5.32. The SMILES string of the molecule is COc1c2c(c(Br)c3ccc(=O)oc13)[C@H](Br)[C@@H](Br)O2. The molecule has 1 aliphatic rings. The van der Waals surface area contributed by atoms with Gasteiger partial charge in [0.1, 0.15) is 0 Å². The Hall–Kier alpha value is -0.530. The highest BCUT2D eigenvalue weighted by molar-refractivity contribution is 9.12. The second-order valence-electron chi connectivity index (χ2n) is 3.96. The van der Waals surface area contributed by atoms with E-state index in [1.54, 1.807) is 6.07 Å². The molecule has 0 N–H and O–H groups in total. The van der Waals surface area contributed by atoms with Crippen molar-refractivity contribution in [1.29, 1.82) is 0 Å². The number of methoxy groups -OCH3 is 1. The van der Waals surface area contributed by atoms with E-state index in [9.17, 15) is 4.79 Å². The molecule has 0 amide bonds. The van der Waals surface area contributed by atoms with E-state index in [-0.39, 0.29) is 9.84 Å². The van der Waals surface area contributed by atoms with E-state index in [1.807, 2.05) is 0 Å². The van der Waals surface area contributed by atoms with Crippen LogP contribution in [-0.2, 0) is 0 Å². The number of fused-ring (bicyclic) bond motifs is 2. The Balaban J connectivity index is 2.47. The molecule has 100 valence electrons. The number of rotatable bonds is 1. The van der Waals surface area contributed by atoms with E-state index in [0.717, 1.165) is 15.4 Å². The predicted molar refractivity (Wildman–Crippen MR) is 81.7 cm³/mol. The Bertz CT molecular complexity index is 725. The fourth-order valence-corrected chi connectivity index (χ4v) is 4.12. The lowest BCUT2D eigenvalue weighted by Gasteiger charge is -2.11. The molecule has 1 aromatic carbocycles. The molecule has 0 bridgehead atoms. The van der Waals surface area contributed by atoms with Crippen LogP contribution >= 0.6 is 47.8 Å². The van der Waals surface area contributed by atoms with Crippen molar-refractivity contribution in [3.05, 3.63) is 32.6 Å². The highest BCUT2D eigenvalue weighted by Gasteiger charge is 2.37. The van der Waals surface area contributed by atoms with Crippen LogP contribution in [0.4, 0.5) is 0 Å². The monoisotopic (exact) mass is 452 g/mol. The molecular weight excluding hydrogens is 448 g/mol. The number of ether oxygens (including phenoxy) is 2. The van der Waals surface area contributed by atoms with Crippen molar-refractivity contribution >= 4 is 58.8 Å². The highest BCUT2D eigenvalue weighted by Crippen LogP contribution is 2.55. The van der Waals surface area contributed by atoms with Gasteiger partial charge in [-0.05, 0) is 37.9 Å². The summed E-state index contributed by atoms with van der Waals surface area (Å²) >= 11 is 10.5. The molecule has 7 heteroatoms. The van der Waals surface area contributed by atoms with E-state index in [0.29, 0.717) is 17.1 Å². The van der Waals surface area contributed by atoms with E-state index >= 15 is 0 Å². The molecule has 0 radical (unpaired) electrons. The Labute approximate surface area is 133 Å². The van der Waals surface area contributed by atoms with Crippen LogP contribution in [0.3, 0.4) is 0 Å². The molecule has 2 atom stereocenters. The van der Waals surface area contributed by atoms with Gasteiger partial charge in [-0.1, -0.05) is 15.9 Å². The Morgan fingerprint density at radius 3 is 2.74 bits per heavy atom. The first-order chi connectivity index (χ1) is 9.04. The molecule has 1 aliphatic heterocycles. The summed E-state index contributed by atoms with van der Waals surface area (Å²) in [4.78, 5) is 11.4. The topological polar surface area (TPSA) is 48.7 Å². The minimum absolute atomic E-state index is 0.0258. The van der Waals surface area contributed by atoms with Crippen LogP contribution < -0.4 is 15.1 Å².